The molecule has 5 heteroatoms. The van der Waals surface area contributed by atoms with Crippen molar-refractivity contribution in [3.8, 4) is 0 Å². The van der Waals surface area contributed by atoms with E-state index in [1.54, 1.807) is 23.7 Å². The van der Waals surface area contributed by atoms with Gasteiger partial charge in [-0.15, -0.1) is 11.3 Å². The van der Waals surface area contributed by atoms with Crippen LogP contribution >= 0.6 is 11.3 Å². The monoisotopic (exact) mass is 248 g/mol. The van der Waals surface area contributed by atoms with Gasteiger partial charge in [-0.3, -0.25) is 4.98 Å². The molecule has 0 aliphatic carbocycles. The second-order valence-electron chi connectivity index (χ2n) is 3.83. The third kappa shape index (κ3) is 2.45. The Bertz CT molecular complexity index is 469. The first-order valence-electron chi connectivity index (χ1n) is 5.50. The Morgan fingerprint density at radius 2 is 2.18 bits per heavy atom. The number of hydrogen-bond donors (Lipinski definition) is 1. The van der Waals surface area contributed by atoms with Gasteiger partial charge in [0.25, 0.3) is 0 Å². The van der Waals surface area contributed by atoms with Gasteiger partial charge in [0.15, 0.2) is 5.82 Å². The Labute approximate surface area is 105 Å². The van der Waals surface area contributed by atoms with E-state index in [4.69, 9.17) is 5.73 Å². The minimum Gasteiger partial charge on any atom is -0.351 e. The van der Waals surface area contributed by atoms with Crippen molar-refractivity contribution in [1.82, 2.24) is 9.97 Å². The van der Waals surface area contributed by atoms with Gasteiger partial charge in [0, 0.05) is 30.9 Å². The van der Waals surface area contributed by atoms with E-state index in [2.05, 4.69) is 39.3 Å². The normalized spacial score (nSPS) is 12.4. The molecule has 0 aromatic carbocycles. The molecule has 2 heterocycles. The van der Waals surface area contributed by atoms with Crippen molar-refractivity contribution in [2.24, 2.45) is 5.73 Å². The van der Waals surface area contributed by atoms with Gasteiger partial charge in [0.2, 0.25) is 0 Å². The summed E-state index contributed by atoms with van der Waals surface area (Å²) >= 11 is 1.75. The van der Waals surface area contributed by atoms with Gasteiger partial charge < -0.3 is 10.6 Å². The summed E-state index contributed by atoms with van der Waals surface area (Å²) in [6.07, 6.45) is 3.38. The predicted molar refractivity (Wildman–Crippen MR) is 71.1 cm³/mol. The van der Waals surface area contributed by atoms with Gasteiger partial charge in [0.05, 0.1) is 11.7 Å². The van der Waals surface area contributed by atoms with Gasteiger partial charge in [-0.05, 0) is 18.4 Å². The zero-order valence-corrected chi connectivity index (χ0v) is 10.8. The summed E-state index contributed by atoms with van der Waals surface area (Å²) < 4.78 is 0. The highest BCUT2D eigenvalue weighted by Gasteiger charge is 2.17. The van der Waals surface area contributed by atoms with Gasteiger partial charge in [-0.25, -0.2) is 4.98 Å². The number of thiophene rings is 1. The Hall–Kier alpha value is -1.46. The zero-order chi connectivity index (χ0) is 12.3. The highest BCUT2D eigenvalue weighted by molar-refractivity contribution is 7.10. The van der Waals surface area contributed by atoms with E-state index in [-0.39, 0.29) is 6.04 Å². The van der Waals surface area contributed by atoms with Crippen LogP contribution in [0, 0.1) is 0 Å². The molecule has 0 amide bonds. The van der Waals surface area contributed by atoms with E-state index in [1.165, 1.54) is 4.88 Å². The van der Waals surface area contributed by atoms with Crippen LogP contribution in [0.25, 0.3) is 0 Å². The molecule has 2 rings (SSSR count). The van der Waals surface area contributed by atoms with Gasteiger partial charge in [-0.2, -0.15) is 0 Å². The third-order valence-corrected chi connectivity index (χ3v) is 3.86. The maximum absolute atomic E-state index is 5.68. The first-order valence-corrected chi connectivity index (χ1v) is 6.38. The summed E-state index contributed by atoms with van der Waals surface area (Å²) in [6.45, 7) is 2.56. The molecule has 1 unspecified atom stereocenters. The average molecular weight is 248 g/mol. The fourth-order valence-corrected chi connectivity index (χ4v) is 2.53. The van der Waals surface area contributed by atoms with Crippen LogP contribution in [-0.4, -0.2) is 17.0 Å². The van der Waals surface area contributed by atoms with E-state index >= 15 is 0 Å². The summed E-state index contributed by atoms with van der Waals surface area (Å²) in [7, 11) is 2.02. The third-order valence-electron chi connectivity index (χ3n) is 2.82. The lowest BCUT2D eigenvalue weighted by Crippen LogP contribution is -2.24. The predicted octanol–water partition coefficient (Wildman–Crippen LogP) is 2.19. The molecule has 2 N–H and O–H groups in total. The van der Waals surface area contributed by atoms with Crippen molar-refractivity contribution in [1.29, 1.82) is 0 Å². The van der Waals surface area contributed by atoms with Crippen LogP contribution in [0.1, 0.15) is 23.5 Å². The molecular weight excluding hydrogens is 232 g/mol. The van der Waals surface area contributed by atoms with Gasteiger partial charge in [0.1, 0.15) is 0 Å². The molecule has 2 aromatic heterocycles. The van der Waals surface area contributed by atoms with E-state index in [1.807, 2.05) is 7.05 Å². The summed E-state index contributed by atoms with van der Waals surface area (Å²) in [5.41, 5.74) is 6.51. The van der Waals surface area contributed by atoms with Crippen molar-refractivity contribution < 1.29 is 0 Å². The van der Waals surface area contributed by atoms with E-state index in [9.17, 15) is 0 Å². The molecule has 90 valence electrons. The summed E-state index contributed by atoms with van der Waals surface area (Å²) in [4.78, 5) is 12.0. The number of aromatic nitrogens is 2. The van der Waals surface area contributed by atoms with Gasteiger partial charge >= 0.3 is 0 Å². The molecule has 1 atom stereocenters. The van der Waals surface area contributed by atoms with Crippen molar-refractivity contribution in [3.05, 3.63) is 40.5 Å². The van der Waals surface area contributed by atoms with Crippen LogP contribution < -0.4 is 10.6 Å². The molecule has 0 bridgehead atoms. The molecule has 0 saturated carbocycles. The van der Waals surface area contributed by atoms with E-state index in [0.717, 1.165) is 11.5 Å². The average Bonchev–Trinajstić information content (AvgIpc) is 2.90. The minimum absolute atomic E-state index is 0.275. The molecule has 2 aromatic rings. The summed E-state index contributed by atoms with van der Waals surface area (Å²) in [6, 6.07) is 4.46. The maximum Gasteiger partial charge on any atom is 0.151 e. The summed E-state index contributed by atoms with van der Waals surface area (Å²) in [5.74, 6) is 0.857. The molecule has 0 fully saturated rings. The van der Waals surface area contributed by atoms with E-state index in [0.29, 0.717) is 6.54 Å². The van der Waals surface area contributed by atoms with Crippen LogP contribution in [0.5, 0.6) is 0 Å². The number of nitrogens with zero attached hydrogens (tertiary/aromatic N) is 3. The molecule has 17 heavy (non-hydrogen) atoms. The van der Waals surface area contributed by atoms with Crippen LogP contribution in [-0.2, 0) is 6.54 Å². The number of anilines is 1. The highest BCUT2D eigenvalue weighted by Crippen LogP contribution is 2.27. The highest BCUT2D eigenvalue weighted by atomic mass is 32.1. The van der Waals surface area contributed by atoms with E-state index < -0.39 is 0 Å². The molecule has 0 saturated heterocycles. The molecule has 0 radical (unpaired) electrons. The van der Waals surface area contributed by atoms with Crippen LogP contribution in [0.3, 0.4) is 0 Å². The number of hydrogen-bond acceptors (Lipinski definition) is 5. The van der Waals surface area contributed by atoms with Crippen molar-refractivity contribution >= 4 is 17.2 Å². The molecule has 4 nitrogen and oxygen atoms in total. The minimum atomic E-state index is 0.275. The zero-order valence-electron chi connectivity index (χ0n) is 10.00. The SMILES string of the molecule is CC(c1cccs1)N(C)c1nccnc1CN. The smallest absolute Gasteiger partial charge is 0.151 e. The second-order valence-corrected chi connectivity index (χ2v) is 4.81. The molecular formula is C12H16N4S. The number of nitrogens with two attached hydrogens (primary N) is 1. The van der Waals surface area contributed by atoms with Crippen molar-refractivity contribution in [2.75, 3.05) is 11.9 Å². The molecule has 0 aliphatic rings. The lowest BCUT2D eigenvalue weighted by Gasteiger charge is -2.26. The lowest BCUT2D eigenvalue weighted by molar-refractivity contribution is 0.729. The molecule has 0 aliphatic heterocycles. The van der Waals surface area contributed by atoms with Crippen LogP contribution in [0.4, 0.5) is 5.82 Å². The lowest BCUT2D eigenvalue weighted by atomic mass is 10.2. The number of rotatable bonds is 4. The standard InChI is InChI=1S/C12H16N4S/c1-9(11-4-3-7-17-11)16(2)12-10(8-13)14-5-6-15-12/h3-7,9H,8,13H2,1-2H3. The fraction of sp³-hybridized carbons (Fsp3) is 0.333. The molecule has 0 spiro atoms. The Kier molecular flexibility index (Phi) is 3.71. The Balaban J connectivity index is 2.27. The first kappa shape index (κ1) is 12.0. The Morgan fingerprint density at radius 3 is 2.82 bits per heavy atom. The van der Waals surface area contributed by atoms with Crippen molar-refractivity contribution in [2.45, 2.75) is 19.5 Å². The maximum atomic E-state index is 5.68. The summed E-state index contributed by atoms with van der Waals surface area (Å²) in [5, 5.41) is 2.08. The van der Waals surface area contributed by atoms with Crippen LogP contribution in [0.2, 0.25) is 0 Å². The first-order chi connectivity index (χ1) is 8.24. The topological polar surface area (TPSA) is 55.0 Å². The van der Waals surface area contributed by atoms with Crippen molar-refractivity contribution in [3.63, 3.8) is 0 Å². The fourth-order valence-electron chi connectivity index (χ4n) is 1.70. The van der Waals surface area contributed by atoms with Crippen LogP contribution in [0.15, 0.2) is 29.9 Å². The quantitative estimate of drug-likeness (QED) is 0.901. The van der Waals surface area contributed by atoms with Gasteiger partial charge in [-0.1, -0.05) is 6.07 Å². The largest absolute Gasteiger partial charge is 0.351 e. The Morgan fingerprint density at radius 1 is 1.41 bits per heavy atom. The second kappa shape index (κ2) is 5.25.